The molecule has 0 aromatic rings. The second-order valence-electron chi connectivity index (χ2n) is 0.704. The van der Waals surface area contributed by atoms with Crippen LogP contribution in [0.4, 0.5) is 0 Å². The Kier molecular flexibility index (Phi) is 11.3. The summed E-state index contributed by atoms with van der Waals surface area (Å²) in [7, 11) is -3.92. The molecular formula is C2H7NaO3S. The van der Waals surface area contributed by atoms with Gasteiger partial charge in [-0.05, 0) is 0 Å². The fourth-order valence-corrected chi connectivity index (χ4v) is 0. The van der Waals surface area contributed by atoms with E-state index in [1.807, 2.05) is 0 Å². The van der Waals surface area contributed by atoms with E-state index in [9.17, 15) is 0 Å². The van der Waals surface area contributed by atoms with Gasteiger partial charge < -0.3 is 4.55 Å². The van der Waals surface area contributed by atoms with Gasteiger partial charge in [-0.25, -0.2) is 8.42 Å². The predicted molar refractivity (Wildman–Crippen MR) is 22.4 cm³/mol. The summed E-state index contributed by atoms with van der Waals surface area (Å²) < 4.78 is 27.2. The third kappa shape index (κ3) is 201. The molecule has 0 atom stereocenters. The Morgan fingerprint density at radius 1 is 1.43 bits per heavy atom. The van der Waals surface area contributed by atoms with Crippen LogP contribution in [0, 0.1) is 0 Å². The molecule has 0 amide bonds. The van der Waals surface area contributed by atoms with Crippen molar-refractivity contribution in [1.29, 1.82) is 0 Å². The molecule has 0 rings (SSSR count). The van der Waals surface area contributed by atoms with Crippen molar-refractivity contribution in [1.82, 2.24) is 0 Å². The van der Waals surface area contributed by atoms with E-state index in [2.05, 4.69) is 0 Å². The zero-order valence-electron chi connectivity index (χ0n) is 3.63. The van der Waals surface area contributed by atoms with Gasteiger partial charge in [0.2, 0.25) is 0 Å². The molecule has 0 bridgehead atoms. The molecule has 0 aliphatic rings. The van der Waals surface area contributed by atoms with Crippen molar-refractivity contribution in [3.63, 3.8) is 0 Å². The first kappa shape index (κ1) is 15.7. The number of hydrogen-bond donors (Lipinski definition) is 0. The molecule has 0 aromatic carbocycles. The molecule has 0 fully saturated rings. The molecule has 0 saturated carbocycles. The van der Waals surface area contributed by atoms with Crippen LogP contribution in [0.25, 0.3) is 0 Å². The molecule has 40 valence electrons. The summed E-state index contributed by atoms with van der Waals surface area (Å²) in [6, 6.07) is 0. The average Bonchev–Trinajstić information content (AvgIpc) is 0.722. The first-order valence-corrected chi connectivity index (χ1v) is 2.72. The normalized spacial score (nSPS) is 8.29. The molecule has 0 spiro atoms. The average molecular weight is 134 g/mol. The molecule has 0 aromatic heterocycles. The van der Waals surface area contributed by atoms with E-state index in [4.69, 9.17) is 13.0 Å². The minimum atomic E-state index is -3.92. The van der Waals surface area contributed by atoms with Crippen LogP contribution >= 0.6 is 0 Å². The van der Waals surface area contributed by atoms with E-state index in [-0.39, 0.29) is 37.0 Å². The molecule has 5 heteroatoms. The summed E-state index contributed by atoms with van der Waals surface area (Å²) in [5, 5.41) is 0. The molecular weight excluding hydrogens is 127 g/mol. The summed E-state index contributed by atoms with van der Waals surface area (Å²) in [6.07, 6.45) is 0.604. The zero-order chi connectivity index (χ0) is 4.50. The topological polar surface area (TPSA) is 57.2 Å². The first-order valence-electron chi connectivity index (χ1n) is 0.908. The van der Waals surface area contributed by atoms with Gasteiger partial charge in [-0.15, -0.1) is 0 Å². The Labute approximate surface area is 66.2 Å². The summed E-state index contributed by atoms with van der Waals surface area (Å²) in [5.74, 6) is 0. The number of hydrogen-bond acceptors (Lipinski definition) is 3. The molecule has 3 nitrogen and oxygen atoms in total. The van der Waals surface area contributed by atoms with Crippen LogP contribution in [-0.2, 0) is 10.1 Å². The second kappa shape index (κ2) is 5.05. The predicted octanol–water partition coefficient (Wildman–Crippen LogP) is -3.20. The van der Waals surface area contributed by atoms with E-state index < -0.39 is 10.1 Å². The smallest absolute Gasteiger partial charge is 0.748 e. The van der Waals surface area contributed by atoms with Gasteiger partial charge in [-0.3, -0.25) is 0 Å². The van der Waals surface area contributed by atoms with Gasteiger partial charge >= 0.3 is 29.6 Å². The van der Waals surface area contributed by atoms with Gasteiger partial charge in [0, 0.05) is 6.26 Å². The van der Waals surface area contributed by atoms with Crippen LogP contribution in [0.5, 0.6) is 0 Å². The maximum atomic E-state index is 9.08. The van der Waals surface area contributed by atoms with E-state index in [1.54, 1.807) is 0 Å². The van der Waals surface area contributed by atoms with Crippen LogP contribution < -0.4 is 29.6 Å². The maximum absolute atomic E-state index is 9.08. The quantitative estimate of drug-likeness (QED) is 0.259. The summed E-state index contributed by atoms with van der Waals surface area (Å²) in [6.45, 7) is 0. The van der Waals surface area contributed by atoms with Gasteiger partial charge in [-0.2, -0.15) is 0 Å². The Hall–Kier alpha value is 0.910. The minimum Gasteiger partial charge on any atom is -0.748 e. The van der Waals surface area contributed by atoms with Crippen molar-refractivity contribution >= 4 is 10.1 Å². The molecule has 0 saturated heterocycles. The molecule has 7 heavy (non-hydrogen) atoms. The van der Waals surface area contributed by atoms with Gasteiger partial charge in [0.05, 0.1) is 10.1 Å². The van der Waals surface area contributed by atoms with Crippen LogP contribution in [0.15, 0.2) is 0 Å². The molecule has 0 aliphatic carbocycles. The van der Waals surface area contributed by atoms with Crippen LogP contribution in [0.1, 0.15) is 7.43 Å². The van der Waals surface area contributed by atoms with E-state index in [0.717, 1.165) is 0 Å². The summed E-state index contributed by atoms with van der Waals surface area (Å²) in [5.41, 5.74) is 0. The SMILES string of the molecule is C.CS(=O)(=O)[O-].[Na+]. The van der Waals surface area contributed by atoms with Crippen molar-refractivity contribution in [3.8, 4) is 0 Å². The largest absolute Gasteiger partial charge is 1.00 e. The third-order valence-electron chi connectivity index (χ3n) is 0. The van der Waals surface area contributed by atoms with Gasteiger partial charge in [0.15, 0.2) is 0 Å². The van der Waals surface area contributed by atoms with Crippen molar-refractivity contribution in [2.24, 2.45) is 0 Å². The van der Waals surface area contributed by atoms with Crippen LogP contribution in [0.2, 0.25) is 0 Å². The molecule has 0 aliphatic heterocycles. The van der Waals surface area contributed by atoms with Crippen molar-refractivity contribution in [3.05, 3.63) is 0 Å². The maximum Gasteiger partial charge on any atom is 1.00 e. The first-order chi connectivity index (χ1) is 2.00. The molecule has 0 radical (unpaired) electrons. The zero-order valence-corrected chi connectivity index (χ0v) is 6.45. The van der Waals surface area contributed by atoms with Crippen LogP contribution in [0.3, 0.4) is 0 Å². The minimum absolute atomic E-state index is 0. The van der Waals surface area contributed by atoms with Crippen LogP contribution in [-0.4, -0.2) is 19.2 Å². The summed E-state index contributed by atoms with van der Waals surface area (Å²) in [4.78, 5) is 0. The van der Waals surface area contributed by atoms with Gasteiger partial charge in [0.25, 0.3) is 0 Å². The molecule has 0 N–H and O–H groups in total. The Morgan fingerprint density at radius 3 is 1.43 bits per heavy atom. The Balaban J connectivity index is -0.0000000800. The van der Waals surface area contributed by atoms with Crippen molar-refractivity contribution < 1.29 is 42.5 Å². The standard InChI is InChI=1S/CH4O3S.CH4.Na/c1-5(2,3)4;;/h1H3,(H,2,3,4);1H4;/q;;+1/p-1. The van der Waals surface area contributed by atoms with E-state index >= 15 is 0 Å². The monoisotopic (exact) mass is 134 g/mol. The van der Waals surface area contributed by atoms with Gasteiger partial charge in [0.1, 0.15) is 0 Å². The van der Waals surface area contributed by atoms with Gasteiger partial charge in [-0.1, -0.05) is 7.43 Å². The summed E-state index contributed by atoms with van der Waals surface area (Å²) >= 11 is 0. The van der Waals surface area contributed by atoms with E-state index in [0.29, 0.717) is 6.26 Å². The fraction of sp³-hybridized carbons (Fsp3) is 1.00. The van der Waals surface area contributed by atoms with Crippen molar-refractivity contribution in [2.75, 3.05) is 6.26 Å². The second-order valence-corrected chi connectivity index (χ2v) is 2.11. The third-order valence-corrected chi connectivity index (χ3v) is 0. The Bertz CT molecular complexity index is 96.1. The number of rotatable bonds is 0. The molecule has 0 heterocycles. The fourth-order valence-electron chi connectivity index (χ4n) is 0. The van der Waals surface area contributed by atoms with E-state index in [1.165, 1.54) is 0 Å². The molecule has 0 unspecified atom stereocenters. The Morgan fingerprint density at radius 2 is 1.43 bits per heavy atom. The van der Waals surface area contributed by atoms with Crippen molar-refractivity contribution in [2.45, 2.75) is 7.43 Å².